The largest absolute Gasteiger partial charge is 0.331 e. The monoisotopic (exact) mass is 378 g/mol. The van der Waals surface area contributed by atoms with E-state index in [-0.39, 0.29) is 24.8 Å². The van der Waals surface area contributed by atoms with Gasteiger partial charge in [0.05, 0.1) is 30.5 Å². The molecule has 4 nitrogen and oxygen atoms in total. The SMILES string of the molecule is CC(F)(F)c1cc(-n2cnc(Cn3ccnc3)c2)ccc1F.Cl.Cl. The molecule has 0 aliphatic carbocycles. The van der Waals surface area contributed by atoms with Gasteiger partial charge in [-0.3, -0.25) is 0 Å². The summed E-state index contributed by atoms with van der Waals surface area (Å²) in [7, 11) is 0. The van der Waals surface area contributed by atoms with Gasteiger partial charge in [-0.25, -0.2) is 23.1 Å². The van der Waals surface area contributed by atoms with Gasteiger partial charge in [0, 0.05) is 31.2 Å². The van der Waals surface area contributed by atoms with Gasteiger partial charge in [-0.2, -0.15) is 0 Å². The summed E-state index contributed by atoms with van der Waals surface area (Å²) < 4.78 is 43.7. The smallest absolute Gasteiger partial charge is 0.273 e. The van der Waals surface area contributed by atoms with Crippen LogP contribution in [0.2, 0.25) is 0 Å². The van der Waals surface area contributed by atoms with Crippen molar-refractivity contribution in [2.45, 2.75) is 19.4 Å². The van der Waals surface area contributed by atoms with Crippen LogP contribution in [0.5, 0.6) is 0 Å². The normalized spacial score (nSPS) is 10.8. The molecule has 0 unspecified atom stereocenters. The Balaban J connectivity index is 0.00000144. The van der Waals surface area contributed by atoms with E-state index in [2.05, 4.69) is 9.97 Å². The molecule has 0 aliphatic rings. The van der Waals surface area contributed by atoms with Crippen molar-refractivity contribution in [3.8, 4) is 5.69 Å². The summed E-state index contributed by atoms with van der Waals surface area (Å²) in [6.07, 6.45) is 8.34. The maximum absolute atomic E-state index is 13.5. The van der Waals surface area contributed by atoms with E-state index >= 15 is 0 Å². The van der Waals surface area contributed by atoms with Gasteiger partial charge in [-0.1, -0.05) is 0 Å². The fourth-order valence-corrected chi connectivity index (χ4v) is 2.16. The molecule has 0 spiro atoms. The van der Waals surface area contributed by atoms with Crippen LogP contribution in [0.4, 0.5) is 13.2 Å². The van der Waals surface area contributed by atoms with E-state index in [9.17, 15) is 13.2 Å². The third-order valence-electron chi connectivity index (χ3n) is 3.26. The van der Waals surface area contributed by atoms with Gasteiger partial charge >= 0.3 is 0 Å². The second-order valence-electron chi connectivity index (χ2n) is 5.06. The molecule has 0 bridgehead atoms. The van der Waals surface area contributed by atoms with Gasteiger partial charge in [0.1, 0.15) is 5.82 Å². The van der Waals surface area contributed by atoms with Crippen molar-refractivity contribution in [3.63, 3.8) is 0 Å². The van der Waals surface area contributed by atoms with Crippen LogP contribution in [0, 0.1) is 5.82 Å². The average molecular weight is 379 g/mol. The van der Waals surface area contributed by atoms with Gasteiger partial charge in [0.15, 0.2) is 0 Å². The number of alkyl halides is 2. The summed E-state index contributed by atoms with van der Waals surface area (Å²) in [5.74, 6) is -4.16. The predicted octanol–water partition coefficient (Wildman–Crippen LogP) is 4.21. The molecule has 3 rings (SSSR count). The number of rotatable bonds is 4. The van der Waals surface area contributed by atoms with E-state index < -0.39 is 17.3 Å². The number of hydrogen-bond donors (Lipinski definition) is 0. The molecule has 1 aromatic carbocycles. The lowest BCUT2D eigenvalue weighted by Gasteiger charge is -2.13. The Labute approximate surface area is 149 Å². The number of hydrogen-bond acceptors (Lipinski definition) is 2. The van der Waals surface area contributed by atoms with Crippen LogP contribution in [0.15, 0.2) is 49.4 Å². The Morgan fingerprint density at radius 1 is 1.17 bits per heavy atom. The number of nitrogens with zero attached hydrogens (tertiary/aromatic N) is 4. The minimum absolute atomic E-state index is 0. The Hall–Kier alpha value is -1.99. The van der Waals surface area contributed by atoms with Crippen LogP contribution >= 0.6 is 24.8 Å². The molecule has 0 fully saturated rings. The van der Waals surface area contributed by atoms with E-state index in [1.807, 2.05) is 4.57 Å². The van der Waals surface area contributed by atoms with Gasteiger partial charge in [0.2, 0.25) is 0 Å². The molecular formula is C15H15Cl2F3N4. The Morgan fingerprint density at radius 3 is 2.54 bits per heavy atom. The first kappa shape index (κ1) is 20.1. The average Bonchev–Trinajstić information content (AvgIpc) is 3.10. The molecule has 0 saturated carbocycles. The molecular weight excluding hydrogens is 364 g/mol. The second-order valence-corrected chi connectivity index (χ2v) is 5.06. The molecule has 2 aromatic heterocycles. The van der Waals surface area contributed by atoms with Gasteiger partial charge in [-0.05, 0) is 18.2 Å². The Morgan fingerprint density at radius 2 is 1.92 bits per heavy atom. The van der Waals surface area contributed by atoms with E-state index in [1.165, 1.54) is 12.4 Å². The highest BCUT2D eigenvalue weighted by molar-refractivity contribution is 5.85. The van der Waals surface area contributed by atoms with Crippen molar-refractivity contribution in [2.24, 2.45) is 0 Å². The fraction of sp³-hybridized carbons (Fsp3) is 0.200. The Kier molecular flexibility index (Phi) is 6.45. The van der Waals surface area contributed by atoms with Gasteiger partial charge in [0.25, 0.3) is 5.92 Å². The molecule has 0 amide bonds. The van der Waals surface area contributed by atoms with Crippen LogP contribution in [0.25, 0.3) is 5.69 Å². The van der Waals surface area contributed by atoms with Crippen molar-refractivity contribution in [2.75, 3.05) is 0 Å². The zero-order valence-electron chi connectivity index (χ0n) is 12.6. The summed E-state index contributed by atoms with van der Waals surface area (Å²) in [5, 5.41) is 0. The first-order valence-corrected chi connectivity index (χ1v) is 6.60. The summed E-state index contributed by atoms with van der Waals surface area (Å²) in [6, 6.07) is 3.61. The highest BCUT2D eigenvalue weighted by atomic mass is 35.5. The zero-order chi connectivity index (χ0) is 15.7. The summed E-state index contributed by atoms with van der Waals surface area (Å²) >= 11 is 0. The molecule has 9 heteroatoms. The molecule has 24 heavy (non-hydrogen) atoms. The van der Waals surface area contributed by atoms with Crippen molar-refractivity contribution >= 4 is 24.8 Å². The highest BCUT2D eigenvalue weighted by Gasteiger charge is 2.28. The number of benzene rings is 1. The third-order valence-corrected chi connectivity index (χ3v) is 3.26. The van der Waals surface area contributed by atoms with Crippen LogP contribution in [0.1, 0.15) is 18.2 Å². The standard InChI is InChI=1S/C15H13F3N4.2ClH/c1-15(17,18)13-6-12(2-3-14(13)16)22-8-11(20-10-22)7-21-5-4-19-9-21;;/h2-6,8-10H,7H2,1H3;2*1H. The topological polar surface area (TPSA) is 35.6 Å². The van der Waals surface area contributed by atoms with Crippen molar-refractivity contribution in [3.05, 3.63) is 66.5 Å². The van der Waals surface area contributed by atoms with E-state index in [1.54, 1.807) is 29.5 Å². The van der Waals surface area contributed by atoms with Crippen LogP contribution < -0.4 is 0 Å². The molecule has 0 N–H and O–H groups in total. The first-order valence-electron chi connectivity index (χ1n) is 6.60. The van der Waals surface area contributed by atoms with E-state index in [0.717, 1.165) is 17.8 Å². The minimum atomic E-state index is -3.24. The lowest BCUT2D eigenvalue weighted by molar-refractivity contribution is 0.0137. The summed E-state index contributed by atoms with van der Waals surface area (Å²) in [5.41, 5.74) is 0.546. The van der Waals surface area contributed by atoms with E-state index in [4.69, 9.17) is 0 Å². The molecule has 0 aliphatic heterocycles. The van der Waals surface area contributed by atoms with Gasteiger partial charge in [-0.15, -0.1) is 24.8 Å². The van der Waals surface area contributed by atoms with Crippen molar-refractivity contribution in [1.29, 1.82) is 0 Å². The predicted molar refractivity (Wildman–Crippen MR) is 88.9 cm³/mol. The second kappa shape index (κ2) is 7.72. The third kappa shape index (κ3) is 4.30. The number of aromatic nitrogens is 4. The molecule has 3 aromatic rings. The summed E-state index contributed by atoms with van der Waals surface area (Å²) in [4.78, 5) is 8.15. The van der Waals surface area contributed by atoms with E-state index in [0.29, 0.717) is 19.2 Å². The quantitative estimate of drug-likeness (QED) is 0.681. The van der Waals surface area contributed by atoms with Crippen LogP contribution in [-0.4, -0.2) is 19.1 Å². The maximum atomic E-state index is 13.5. The fourth-order valence-electron chi connectivity index (χ4n) is 2.16. The van der Waals surface area contributed by atoms with Crippen molar-refractivity contribution in [1.82, 2.24) is 19.1 Å². The van der Waals surface area contributed by atoms with Crippen LogP contribution in [0.3, 0.4) is 0 Å². The molecule has 2 heterocycles. The zero-order valence-corrected chi connectivity index (χ0v) is 14.2. The highest BCUT2D eigenvalue weighted by Crippen LogP contribution is 2.30. The lowest BCUT2D eigenvalue weighted by atomic mass is 10.1. The maximum Gasteiger partial charge on any atom is 0.273 e. The minimum Gasteiger partial charge on any atom is -0.331 e. The van der Waals surface area contributed by atoms with Crippen molar-refractivity contribution < 1.29 is 13.2 Å². The molecule has 130 valence electrons. The van der Waals surface area contributed by atoms with Crippen LogP contribution in [-0.2, 0) is 12.5 Å². The van der Waals surface area contributed by atoms with Gasteiger partial charge < -0.3 is 9.13 Å². The summed E-state index contributed by atoms with van der Waals surface area (Å²) in [6.45, 7) is 1.19. The number of imidazole rings is 2. The first-order chi connectivity index (χ1) is 10.4. The number of halogens is 5. The lowest BCUT2D eigenvalue weighted by Crippen LogP contribution is -2.10. The molecule has 0 radical (unpaired) electrons. The Bertz CT molecular complexity index is 782. The molecule has 0 atom stereocenters. The molecule has 0 saturated heterocycles.